The molecule has 2 heteroatoms. The van der Waals surface area contributed by atoms with Gasteiger partial charge in [0.2, 0.25) is 5.91 Å². The van der Waals surface area contributed by atoms with Crippen molar-refractivity contribution in [2.45, 2.75) is 33.6 Å². The second-order valence-corrected chi connectivity index (χ2v) is 3.31. The molecule has 0 saturated carbocycles. The minimum Gasteiger partial charge on any atom is -0.353 e. The monoisotopic (exact) mass is 169 g/mol. The van der Waals surface area contributed by atoms with Gasteiger partial charge in [0, 0.05) is 13.0 Å². The molecule has 0 spiro atoms. The Labute approximate surface area is 75.0 Å². The molecule has 0 aliphatic carbocycles. The molecule has 1 N–H and O–H groups in total. The van der Waals surface area contributed by atoms with E-state index in [0.717, 1.165) is 6.42 Å². The van der Waals surface area contributed by atoms with Crippen LogP contribution >= 0.6 is 0 Å². The van der Waals surface area contributed by atoms with E-state index in [1.54, 1.807) is 0 Å². The van der Waals surface area contributed by atoms with Gasteiger partial charge in [-0.2, -0.15) is 0 Å². The molecule has 0 unspecified atom stereocenters. The summed E-state index contributed by atoms with van der Waals surface area (Å²) >= 11 is 0. The number of carbonyl (C=O) groups is 1. The fourth-order valence-electron chi connectivity index (χ4n) is 0.799. The maximum absolute atomic E-state index is 11.1. The summed E-state index contributed by atoms with van der Waals surface area (Å²) in [7, 11) is 0. The molecule has 0 aliphatic heterocycles. The minimum atomic E-state index is 0.154. The Balaban J connectivity index is 3.34. The van der Waals surface area contributed by atoms with Crippen LogP contribution in [0.15, 0.2) is 12.2 Å². The van der Waals surface area contributed by atoms with Crippen molar-refractivity contribution < 1.29 is 4.79 Å². The number of nitrogens with one attached hydrogen (secondary N) is 1. The lowest BCUT2D eigenvalue weighted by atomic mass is 10.1. The first kappa shape index (κ1) is 11.2. The zero-order valence-corrected chi connectivity index (χ0v) is 8.26. The summed E-state index contributed by atoms with van der Waals surface area (Å²) in [6.45, 7) is 6.85. The van der Waals surface area contributed by atoms with Crippen molar-refractivity contribution in [3.05, 3.63) is 12.2 Å². The molecule has 0 saturated heterocycles. The van der Waals surface area contributed by atoms with Crippen molar-refractivity contribution in [1.29, 1.82) is 0 Å². The van der Waals surface area contributed by atoms with Crippen molar-refractivity contribution in [3.8, 4) is 0 Å². The highest BCUT2D eigenvalue weighted by molar-refractivity contribution is 5.75. The first-order valence-corrected chi connectivity index (χ1v) is 4.54. The fourth-order valence-corrected chi connectivity index (χ4v) is 0.799. The zero-order valence-electron chi connectivity index (χ0n) is 8.26. The van der Waals surface area contributed by atoms with Gasteiger partial charge in [-0.3, -0.25) is 4.79 Å². The Morgan fingerprint density at radius 2 is 2.17 bits per heavy atom. The second-order valence-electron chi connectivity index (χ2n) is 3.31. The molecule has 0 atom stereocenters. The molecule has 0 aromatic heterocycles. The fraction of sp³-hybridized carbons (Fsp3) is 0.700. The Morgan fingerprint density at radius 1 is 1.50 bits per heavy atom. The van der Waals surface area contributed by atoms with Crippen LogP contribution in [0.3, 0.4) is 0 Å². The van der Waals surface area contributed by atoms with Gasteiger partial charge in [-0.05, 0) is 19.3 Å². The summed E-state index contributed by atoms with van der Waals surface area (Å²) in [4.78, 5) is 11.1. The average Bonchev–Trinajstić information content (AvgIpc) is 2.01. The topological polar surface area (TPSA) is 29.1 Å². The van der Waals surface area contributed by atoms with Gasteiger partial charge < -0.3 is 5.32 Å². The molecule has 1 amide bonds. The lowest BCUT2D eigenvalue weighted by Gasteiger charge is -2.04. The summed E-state index contributed by atoms with van der Waals surface area (Å²) < 4.78 is 0. The van der Waals surface area contributed by atoms with E-state index < -0.39 is 0 Å². The van der Waals surface area contributed by atoms with Crippen molar-refractivity contribution in [3.63, 3.8) is 0 Å². The molecule has 2 nitrogen and oxygen atoms in total. The van der Waals surface area contributed by atoms with E-state index in [-0.39, 0.29) is 5.91 Å². The van der Waals surface area contributed by atoms with E-state index in [2.05, 4.69) is 19.2 Å². The van der Waals surface area contributed by atoms with Crippen LogP contribution in [0, 0.1) is 5.92 Å². The van der Waals surface area contributed by atoms with Gasteiger partial charge in [-0.15, -0.1) is 0 Å². The first-order valence-electron chi connectivity index (χ1n) is 4.54. The number of hydrogen-bond acceptors (Lipinski definition) is 1. The molecule has 0 rings (SSSR count). The van der Waals surface area contributed by atoms with Gasteiger partial charge in [-0.25, -0.2) is 0 Å². The Bertz CT molecular complexity index is 150. The summed E-state index contributed by atoms with van der Waals surface area (Å²) in [5.74, 6) is 0.763. The lowest BCUT2D eigenvalue weighted by molar-refractivity contribution is -0.121. The van der Waals surface area contributed by atoms with Crippen LogP contribution in [0.25, 0.3) is 0 Å². The number of rotatable bonds is 5. The first-order chi connectivity index (χ1) is 5.66. The lowest BCUT2D eigenvalue weighted by Crippen LogP contribution is -2.23. The van der Waals surface area contributed by atoms with Crippen LogP contribution in [0.4, 0.5) is 0 Å². The molecule has 0 bridgehead atoms. The summed E-state index contributed by atoms with van der Waals surface area (Å²) in [6.07, 6.45) is 5.49. The van der Waals surface area contributed by atoms with Crippen molar-refractivity contribution in [1.82, 2.24) is 5.32 Å². The summed E-state index contributed by atoms with van der Waals surface area (Å²) in [6, 6.07) is 0. The molecule has 0 radical (unpaired) electrons. The van der Waals surface area contributed by atoms with E-state index in [4.69, 9.17) is 0 Å². The van der Waals surface area contributed by atoms with Crippen molar-refractivity contribution >= 4 is 5.91 Å². The molecule has 0 aromatic carbocycles. The van der Waals surface area contributed by atoms with Crippen LogP contribution in [-0.2, 0) is 4.79 Å². The Kier molecular flexibility index (Phi) is 6.44. The molecule has 70 valence electrons. The quantitative estimate of drug-likeness (QED) is 0.627. The molecule has 0 aromatic rings. The minimum absolute atomic E-state index is 0.154. The predicted molar refractivity (Wildman–Crippen MR) is 51.9 cm³/mol. The SMILES string of the molecule is C/C=C/CNC(=O)CCC(C)C. The van der Waals surface area contributed by atoms with E-state index >= 15 is 0 Å². The van der Waals surface area contributed by atoms with E-state index in [1.165, 1.54) is 0 Å². The number of allylic oxidation sites excluding steroid dienone is 1. The van der Waals surface area contributed by atoms with Crippen molar-refractivity contribution in [2.24, 2.45) is 5.92 Å². The maximum Gasteiger partial charge on any atom is 0.220 e. The maximum atomic E-state index is 11.1. The molecular weight excluding hydrogens is 150 g/mol. The molecular formula is C10H19NO. The number of hydrogen-bond donors (Lipinski definition) is 1. The van der Waals surface area contributed by atoms with Gasteiger partial charge in [0.15, 0.2) is 0 Å². The van der Waals surface area contributed by atoms with Crippen LogP contribution in [0.2, 0.25) is 0 Å². The number of carbonyl (C=O) groups excluding carboxylic acids is 1. The third kappa shape index (κ3) is 7.32. The smallest absolute Gasteiger partial charge is 0.220 e. The van der Waals surface area contributed by atoms with Gasteiger partial charge in [0.1, 0.15) is 0 Å². The van der Waals surface area contributed by atoms with Crippen LogP contribution < -0.4 is 5.32 Å². The predicted octanol–water partition coefficient (Wildman–Crippen LogP) is 2.11. The van der Waals surface area contributed by atoms with Gasteiger partial charge in [0.05, 0.1) is 0 Å². The van der Waals surface area contributed by atoms with Crippen LogP contribution in [0.5, 0.6) is 0 Å². The van der Waals surface area contributed by atoms with E-state index in [0.29, 0.717) is 18.9 Å². The molecule has 0 aliphatic rings. The Hall–Kier alpha value is -0.790. The van der Waals surface area contributed by atoms with Crippen molar-refractivity contribution in [2.75, 3.05) is 6.54 Å². The second kappa shape index (κ2) is 6.89. The zero-order chi connectivity index (χ0) is 9.40. The highest BCUT2D eigenvalue weighted by Crippen LogP contribution is 2.02. The summed E-state index contributed by atoms with van der Waals surface area (Å²) in [5.41, 5.74) is 0. The third-order valence-corrected chi connectivity index (χ3v) is 1.60. The van der Waals surface area contributed by atoms with E-state index in [1.807, 2.05) is 19.1 Å². The number of amides is 1. The molecule has 0 fully saturated rings. The normalized spacial score (nSPS) is 11.0. The van der Waals surface area contributed by atoms with Gasteiger partial charge in [-0.1, -0.05) is 26.0 Å². The third-order valence-electron chi connectivity index (χ3n) is 1.60. The van der Waals surface area contributed by atoms with Gasteiger partial charge in [0.25, 0.3) is 0 Å². The summed E-state index contributed by atoms with van der Waals surface area (Å²) in [5, 5.41) is 2.81. The highest BCUT2D eigenvalue weighted by Gasteiger charge is 2.00. The Morgan fingerprint density at radius 3 is 2.67 bits per heavy atom. The molecule has 12 heavy (non-hydrogen) atoms. The average molecular weight is 169 g/mol. The largest absolute Gasteiger partial charge is 0.353 e. The van der Waals surface area contributed by atoms with Crippen LogP contribution in [0.1, 0.15) is 33.6 Å². The van der Waals surface area contributed by atoms with Gasteiger partial charge >= 0.3 is 0 Å². The standard InChI is InChI=1S/C10H19NO/c1-4-5-8-11-10(12)7-6-9(2)3/h4-5,9H,6-8H2,1-3H3,(H,11,12)/b5-4+. The molecule has 0 heterocycles. The van der Waals surface area contributed by atoms with Crippen LogP contribution in [-0.4, -0.2) is 12.5 Å². The highest BCUT2D eigenvalue weighted by atomic mass is 16.1. The van der Waals surface area contributed by atoms with E-state index in [9.17, 15) is 4.79 Å².